The number of halogens is 1. The summed E-state index contributed by atoms with van der Waals surface area (Å²) >= 11 is 5.90. The highest BCUT2D eigenvalue weighted by molar-refractivity contribution is 6.30. The van der Waals surface area contributed by atoms with Crippen molar-refractivity contribution in [1.29, 1.82) is 0 Å². The molecule has 0 atom stereocenters. The summed E-state index contributed by atoms with van der Waals surface area (Å²) in [7, 11) is 0. The summed E-state index contributed by atoms with van der Waals surface area (Å²) in [6.45, 7) is 3.34. The van der Waals surface area contributed by atoms with Crippen LogP contribution in [0.15, 0.2) is 24.3 Å². The van der Waals surface area contributed by atoms with E-state index in [2.05, 4.69) is 5.32 Å². The van der Waals surface area contributed by atoms with Gasteiger partial charge in [0.25, 0.3) is 0 Å². The molecule has 0 aliphatic carbocycles. The molecule has 0 aromatic heterocycles. The largest absolute Gasteiger partial charge is 0.395 e. The number of carbonyl (C=O) groups excluding carboxylic acids is 1. The van der Waals surface area contributed by atoms with Crippen molar-refractivity contribution < 1.29 is 15.0 Å². The van der Waals surface area contributed by atoms with Crippen LogP contribution in [0.4, 0.5) is 0 Å². The number of hydrogen-bond acceptors (Lipinski definition) is 4. The Hall–Kier alpha value is -1.14. The van der Waals surface area contributed by atoms with Crippen molar-refractivity contribution in [2.75, 3.05) is 32.8 Å². The van der Waals surface area contributed by atoms with Gasteiger partial charge in [0.1, 0.15) is 0 Å². The van der Waals surface area contributed by atoms with Gasteiger partial charge in [-0.2, -0.15) is 0 Å². The van der Waals surface area contributed by atoms with Gasteiger partial charge in [-0.3, -0.25) is 9.69 Å². The molecule has 22 heavy (non-hydrogen) atoms. The molecular weight excluding hydrogens is 304 g/mol. The fourth-order valence-electron chi connectivity index (χ4n) is 2.95. The molecular formula is C16H23ClN2O3. The lowest BCUT2D eigenvalue weighted by atomic mass is 9.73. The van der Waals surface area contributed by atoms with Gasteiger partial charge in [-0.25, -0.2) is 0 Å². The predicted octanol–water partition coefficient (Wildman–Crippen LogP) is 0.674. The molecule has 0 bridgehead atoms. The Bertz CT molecular complexity index is 497. The first-order valence-electron chi connectivity index (χ1n) is 7.53. The number of rotatable bonds is 7. The van der Waals surface area contributed by atoms with E-state index in [0.717, 1.165) is 5.56 Å². The Labute approximate surface area is 135 Å². The first kappa shape index (κ1) is 17.2. The van der Waals surface area contributed by atoms with Crippen molar-refractivity contribution in [2.24, 2.45) is 5.41 Å². The van der Waals surface area contributed by atoms with E-state index in [1.54, 1.807) is 0 Å². The maximum atomic E-state index is 12.5. The number of aliphatic hydroxyl groups excluding tert-OH is 2. The lowest BCUT2D eigenvalue weighted by molar-refractivity contribution is -0.146. The number of nitrogens with zero attached hydrogens (tertiary/aromatic N) is 1. The van der Waals surface area contributed by atoms with Gasteiger partial charge in [0.15, 0.2) is 0 Å². The second-order valence-corrected chi connectivity index (χ2v) is 6.30. The average Bonchev–Trinajstić information content (AvgIpc) is 2.47. The Morgan fingerprint density at radius 3 is 2.41 bits per heavy atom. The van der Waals surface area contributed by atoms with E-state index in [1.807, 2.05) is 36.1 Å². The third kappa shape index (κ3) is 3.60. The Balaban J connectivity index is 2.11. The molecule has 5 nitrogen and oxygen atoms in total. The molecule has 0 saturated carbocycles. The molecule has 1 fully saturated rings. The van der Waals surface area contributed by atoms with Gasteiger partial charge >= 0.3 is 0 Å². The molecule has 1 aliphatic heterocycles. The van der Waals surface area contributed by atoms with E-state index in [9.17, 15) is 15.0 Å². The summed E-state index contributed by atoms with van der Waals surface area (Å²) < 4.78 is 0. The lowest BCUT2D eigenvalue weighted by Crippen LogP contribution is -2.67. The van der Waals surface area contributed by atoms with Crippen molar-refractivity contribution >= 4 is 17.5 Å². The molecule has 122 valence electrons. The molecule has 1 amide bonds. The Morgan fingerprint density at radius 2 is 1.91 bits per heavy atom. The van der Waals surface area contributed by atoms with Crippen molar-refractivity contribution in [3.63, 3.8) is 0 Å². The van der Waals surface area contributed by atoms with E-state index < -0.39 is 5.41 Å². The van der Waals surface area contributed by atoms with E-state index in [1.165, 1.54) is 0 Å². The van der Waals surface area contributed by atoms with E-state index in [0.29, 0.717) is 31.1 Å². The second-order valence-electron chi connectivity index (χ2n) is 5.87. The number of amides is 1. The molecule has 3 N–H and O–H groups in total. The van der Waals surface area contributed by atoms with E-state index >= 15 is 0 Å². The number of benzene rings is 1. The molecule has 1 aromatic rings. The minimum atomic E-state index is -0.508. The van der Waals surface area contributed by atoms with Crippen LogP contribution in [-0.4, -0.2) is 59.9 Å². The van der Waals surface area contributed by atoms with Crippen LogP contribution < -0.4 is 5.32 Å². The van der Waals surface area contributed by atoms with Crippen LogP contribution in [0.25, 0.3) is 0 Å². The van der Waals surface area contributed by atoms with Crippen LogP contribution in [0, 0.1) is 5.41 Å². The number of carbonyl (C=O) groups is 1. The highest BCUT2D eigenvalue weighted by Gasteiger charge is 2.50. The van der Waals surface area contributed by atoms with Gasteiger partial charge in [0.05, 0.1) is 24.7 Å². The molecule has 1 aliphatic rings. The van der Waals surface area contributed by atoms with Gasteiger partial charge in [0, 0.05) is 24.7 Å². The van der Waals surface area contributed by atoms with Crippen LogP contribution >= 0.6 is 11.6 Å². The normalized spacial score (nSPS) is 17.3. The molecule has 1 heterocycles. The maximum Gasteiger partial charge on any atom is 0.229 e. The quantitative estimate of drug-likeness (QED) is 0.689. The third-order valence-electron chi connectivity index (χ3n) is 4.22. The van der Waals surface area contributed by atoms with Crippen molar-refractivity contribution in [2.45, 2.75) is 19.4 Å². The smallest absolute Gasteiger partial charge is 0.229 e. The van der Waals surface area contributed by atoms with E-state index in [4.69, 9.17) is 11.6 Å². The molecule has 0 unspecified atom stereocenters. The molecule has 1 saturated heterocycles. The highest BCUT2D eigenvalue weighted by Crippen LogP contribution is 2.36. The number of likely N-dealkylation sites (tertiary alicyclic amines) is 1. The topological polar surface area (TPSA) is 72.8 Å². The lowest BCUT2D eigenvalue weighted by Gasteiger charge is -2.51. The summed E-state index contributed by atoms with van der Waals surface area (Å²) in [6, 6.07) is 7.21. The monoisotopic (exact) mass is 326 g/mol. The zero-order valence-corrected chi connectivity index (χ0v) is 13.5. The molecule has 2 rings (SSSR count). The van der Waals surface area contributed by atoms with Crippen LogP contribution in [0.5, 0.6) is 0 Å². The maximum absolute atomic E-state index is 12.5. The average molecular weight is 327 g/mol. The SMILES string of the molecule is CCNC(=O)C1(Cc2ccc(Cl)cc2)CN(C(CO)CO)C1. The van der Waals surface area contributed by atoms with Crippen LogP contribution in [-0.2, 0) is 11.2 Å². The second kappa shape index (κ2) is 7.42. The number of nitrogens with one attached hydrogen (secondary N) is 1. The number of hydrogen-bond donors (Lipinski definition) is 3. The summed E-state index contributed by atoms with van der Waals surface area (Å²) in [5.74, 6) is 0.0239. The van der Waals surface area contributed by atoms with Crippen LogP contribution in [0.1, 0.15) is 12.5 Å². The molecule has 0 radical (unpaired) electrons. The fraction of sp³-hybridized carbons (Fsp3) is 0.562. The summed E-state index contributed by atoms with van der Waals surface area (Å²) in [6.07, 6.45) is 0.621. The zero-order chi connectivity index (χ0) is 16.2. The van der Waals surface area contributed by atoms with Crippen molar-refractivity contribution in [1.82, 2.24) is 10.2 Å². The zero-order valence-electron chi connectivity index (χ0n) is 12.8. The third-order valence-corrected chi connectivity index (χ3v) is 4.48. The van der Waals surface area contributed by atoms with Gasteiger partial charge < -0.3 is 15.5 Å². The summed E-state index contributed by atoms with van der Waals surface area (Å²) in [5, 5.41) is 22.1. The molecule has 6 heteroatoms. The van der Waals surface area contributed by atoms with Crippen LogP contribution in [0.2, 0.25) is 5.02 Å². The van der Waals surface area contributed by atoms with Gasteiger partial charge in [-0.15, -0.1) is 0 Å². The minimum Gasteiger partial charge on any atom is -0.395 e. The van der Waals surface area contributed by atoms with Crippen molar-refractivity contribution in [3.8, 4) is 0 Å². The highest BCUT2D eigenvalue weighted by atomic mass is 35.5. The predicted molar refractivity (Wildman–Crippen MR) is 85.8 cm³/mol. The minimum absolute atomic E-state index is 0.0239. The fourth-order valence-corrected chi connectivity index (χ4v) is 3.08. The standard InChI is InChI=1S/C16H23ClN2O3/c1-2-18-15(22)16(7-12-3-5-13(17)6-4-12)10-19(11-16)14(8-20)9-21/h3-6,14,20-21H,2,7-11H2,1H3,(H,18,22). The molecule has 0 spiro atoms. The summed E-state index contributed by atoms with van der Waals surface area (Å²) in [5.41, 5.74) is 0.548. The van der Waals surface area contributed by atoms with Gasteiger partial charge in [-0.1, -0.05) is 23.7 Å². The summed E-state index contributed by atoms with van der Waals surface area (Å²) in [4.78, 5) is 14.4. The van der Waals surface area contributed by atoms with Gasteiger partial charge in [-0.05, 0) is 31.0 Å². The Kier molecular flexibility index (Phi) is 5.81. The molecule has 1 aromatic carbocycles. The van der Waals surface area contributed by atoms with Crippen LogP contribution in [0.3, 0.4) is 0 Å². The van der Waals surface area contributed by atoms with Crippen molar-refractivity contribution in [3.05, 3.63) is 34.9 Å². The number of aliphatic hydroxyl groups is 2. The first-order chi connectivity index (χ1) is 10.5. The van der Waals surface area contributed by atoms with Gasteiger partial charge in [0.2, 0.25) is 5.91 Å². The Morgan fingerprint density at radius 1 is 1.32 bits per heavy atom. The first-order valence-corrected chi connectivity index (χ1v) is 7.91. The van der Waals surface area contributed by atoms with E-state index in [-0.39, 0.29) is 25.2 Å².